The molecule has 0 amide bonds. The number of cyclic esters (lactones) is 1. The maximum atomic E-state index is 12.1. The molecule has 0 N–H and O–H groups in total. The van der Waals surface area contributed by atoms with Crippen molar-refractivity contribution >= 4 is 29.7 Å². The number of carbonyl (C=O) groups excluding carboxylic acids is 1. The summed E-state index contributed by atoms with van der Waals surface area (Å²) < 4.78 is 10.9. The van der Waals surface area contributed by atoms with Crippen molar-refractivity contribution in [2.75, 3.05) is 12.9 Å². The second-order valence-electron chi connectivity index (χ2n) is 5.04. The Morgan fingerprint density at radius 1 is 1.17 bits per heavy atom. The van der Waals surface area contributed by atoms with Crippen LogP contribution in [0.4, 0.5) is 0 Å². The monoisotopic (exact) mass is 339 g/mol. The molecule has 3 rings (SSSR count). The van der Waals surface area contributed by atoms with Gasteiger partial charge >= 0.3 is 5.97 Å². The minimum atomic E-state index is -0.453. The third-order valence-electron chi connectivity index (χ3n) is 3.46. The van der Waals surface area contributed by atoms with E-state index >= 15 is 0 Å². The highest BCUT2D eigenvalue weighted by molar-refractivity contribution is 7.98. The summed E-state index contributed by atoms with van der Waals surface area (Å²) in [5, 5.41) is 0. The SMILES string of the molecule is CCOc1ccccc1C1=N/C(=C\c2ccc(SC)cc2)C(=O)O1. The number of ether oxygens (including phenoxy) is 2. The Balaban J connectivity index is 1.91. The van der Waals surface area contributed by atoms with Crippen molar-refractivity contribution in [1.29, 1.82) is 0 Å². The van der Waals surface area contributed by atoms with Crippen molar-refractivity contribution in [3.8, 4) is 5.75 Å². The highest BCUT2D eigenvalue weighted by atomic mass is 32.2. The van der Waals surface area contributed by atoms with Gasteiger partial charge in [0.1, 0.15) is 5.75 Å². The Hall–Kier alpha value is -2.53. The van der Waals surface area contributed by atoms with E-state index in [1.807, 2.05) is 61.7 Å². The van der Waals surface area contributed by atoms with Gasteiger partial charge in [-0.15, -0.1) is 11.8 Å². The first-order valence-corrected chi connectivity index (χ1v) is 8.82. The van der Waals surface area contributed by atoms with Gasteiger partial charge in [0, 0.05) is 4.90 Å². The number of rotatable bonds is 5. The van der Waals surface area contributed by atoms with Gasteiger partial charge in [0.25, 0.3) is 0 Å². The van der Waals surface area contributed by atoms with Crippen LogP contribution in [0.2, 0.25) is 0 Å². The molecule has 0 aromatic heterocycles. The Bertz CT molecular complexity index is 810. The molecule has 0 aliphatic carbocycles. The summed E-state index contributed by atoms with van der Waals surface area (Å²) in [5.74, 6) is 0.471. The third-order valence-corrected chi connectivity index (χ3v) is 4.20. The second kappa shape index (κ2) is 7.36. The minimum Gasteiger partial charge on any atom is -0.493 e. The summed E-state index contributed by atoms with van der Waals surface area (Å²) in [7, 11) is 0. The largest absolute Gasteiger partial charge is 0.493 e. The fraction of sp³-hybridized carbons (Fsp3) is 0.158. The van der Waals surface area contributed by atoms with Crippen LogP contribution in [0.25, 0.3) is 6.08 Å². The predicted molar refractivity (Wildman–Crippen MR) is 96.4 cm³/mol. The molecule has 0 radical (unpaired) electrons. The van der Waals surface area contributed by atoms with E-state index in [1.54, 1.807) is 17.8 Å². The molecule has 0 bridgehead atoms. The van der Waals surface area contributed by atoms with Crippen LogP contribution in [0.5, 0.6) is 5.75 Å². The number of para-hydroxylation sites is 1. The Morgan fingerprint density at radius 3 is 2.62 bits per heavy atom. The lowest BCUT2D eigenvalue weighted by Crippen LogP contribution is -2.07. The maximum absolute atomic E-state index is 12.1. The fourth-order valence-electron chi connectivity index (χ4n) is 2.31. The zero-order chi connectivity index (χ0) is 16.9. The van der Waals surface area contributed by atoms with Crippen LogP contribution in [0.3, 0.4) is 0 Å². The van der Waals surface area contributed by atoms with Crippen molar-refractivity contribution in [2.45, 2.75) is 11.8 Å². The Morgan fingerprint density at radius 2 is 1.92 bits per heavy atom. The number of aliphatic imine (C=N–C) groups is 1. The first kappa shape index (κ1) is 16.3. The zero-order valence-corrected chi connectivity index (χ0v) is 14.3. The molecule has 0 saturated carbocycles. The van der Waals surface area contributed by atoms with Gasteiger partial charge in [0.05, 0.1) is 12.2 Å². The number of nitrogens with zero attached hydrogens (tertiary/aromatic N) is 1. The molecule has 24 heavy (non-hydrogen) atoms. The third kappa shape index (κ3) is 3.51. The standard InChI is InChI=1S/C19H17NO3S/c1-3-22-17-7-5-4-6-15(17)18-20-16(19(21)23-18)12-13-8-10-14(24-2)11-9-13/h4-12H,3H2,1-2H3/b16-12-. The van der Waals surface area contributed by atoms with E-state index in [9.17, 15) is 4.79 Å². The molecule has 1 aliphatic heterocycles. The van der Waals surface area contributed by atoms with Gasteiger partial charge in [0.15, 0.2) is 5.70 Å². The number of hydrogen-bond donors (Lipinski definition) is 0. The van der Waals surface area contributed by atoms with Crippen LogP contribution in [0.1, 0.15) is 18.1 Å². The van der Waals surface area contributed by atoms with Crippen LogP contribution in [0.15, 0.2) is 64.1 Å². The van der Waals surface area contributed by atoms with E-state index in [1.165, 1.54) is 4.90 Å². The molecule has 1 heterocycles. The molecule has 2 aromatic rings. The first-order chi connectivity index (χ1) is 11.7. The van der Waals surface area contributed by atoms with Gasteiger partial charge in [-0.1, -0.05) is 24.3 Å². The number of hydrogen-bond acceptors (Lipinski definition) is 5. The first-order valence-electron chi connectivity index (χ1n) is 7.60. The van der Waals surface area contributed by atoms with Gasteiger partial charge in [-0.05, 0) is 49.1 Å². The summed E-state index contributed by atoms with van der Waals surface area (Å²) in [6.45, 7) is 2.44. The van der Waals surface area contributed by atoms with Gasteiger partial charge in [0.2, 0.25) is 5.90 Å². The molecule has 2 aromatic carbocycles. The van der Waals surface area contributed by atoms with E-state index in [0.29, 0.717) is 17.9 Å². The van der Waals surface area contributed by atoms with Crippen molar-refractivity contribution in [3.05, 3.63) is 65.4 Å². The molecule has 0 spiro atoms. The van der Waals surface area contributed by atoms with Crippen LogP contribution < -0.4 is 4.74 Å². The number of thioether (sulfide) groups is 1. The summed E-state index contributed by atoms with van der Waals surface area (Å²) in [5.41, 5.74) is 1.87. The van der Waals surface area contributed by atoms with E-state index in [0.717, 1.165) is 5.56 Å². The molecule has 122 valence electrons. The molecule has 1 aliphatic rings. The second-order valence-corrected chi connectivity index (χ2v) is 5.92. The van der Waals surface area contributed by atoms with Crippen molar-refractivity contribution < 1.29 is 14.3 Å². The predicted octanol–water partition coefficient (Wildman–Crippen LogP) is 4.15. The number of esters is 1. The van der Waals surface area contributed by atoms with Crippen molar-refractivity contribution in [3.63, 3.8) is 0 Å². The summed E-state index contributed by atoms with van der Waals surface area (Å²) in [6, 6.07) is 15.3. The quantitative estimate of drug-likeness (QED) is 0.466. The normalized spacial score (nSPS) is 15.3. The van der Waals surface area contributed by atoms with E-state index in [-0.39, 0.29) is 11.6 Å². The van der Waals surface area contributed by atoms with E-state index < -0.39 is 5.97 Å². The molecule has 5 heteroatoms. The fourth-order valence-corrected chi connectivity index (χ4v) is 2.72. The lowest BCUT2D eigenvalue weighted by Gasteiger charge is -2.08. The van der Waals surface area contributed by atoms with Crippen LogP contribution in [0, 0.1) is 0 Å². The summed E-state index contributed by atoms with van der Waals surface area (Å²) in [6.07, 6.45) is 3.75. The molecule has 0 unspecified atom stereocenters. The lowest BCUT2D eigenvalue weighted by molar-refractivity contribution is -0.129. The lowest BCUT2D eigenvalue weighted by atomic mass is 10.2. The van der Waals surface area contributed by atoms with Gasteiger partial charge in [-0.2, -0.15) is 0 Å². The Labute approximate surface area is 145 Å². The van der Waals surface area contributed by atoms with Gasteiger partial charge in [-0.3, -0.25) is 0 Å². The van der Waals surface area contributed by atoms with Crippen molar-refractivity contribution in [1.82, 2.24) is 0 Å². The van der Waals surface area contributed by atoms with Crippen LogP contribution in [-0.4, -0.2) is 24.7 Å². The molecular weight excluding hydrogens is 322 g/mol. The average Bonchev–Trinajstić information content (AvgIpc) is 2.97. The van der Waals surface area contributed by atoms with Gasteiger partial charge in [-0.25, -0.2) is 9.79 Å². The molecular formula is C19H17NO3S. The molecule has 0 atom stereocenters. The number of benzene rings is 2. The summed E-state index contributed by atoms with van der Waals surface area (Å²) >= 11 is 1.67. The average molecular weight is 339 g/mol. The van der Waals surface area contributed by atoms with Gasteiger partial charge < -0.3 is 9.47 Å². The van der Waals surface area contributed by atoms with Crippen LogP contribution >= 0.6 is 11.8 Å². The zero-order valence-electron chi connectivity index (χ0n) is 13.5. The molecule has 4 nitrogen and oxygen atoms in total. The number of carbonyl (C=O) groups is 1. The topological polar surface area (TPSA) is 47.9 Å². The van der Waals surface area contributed by atoms with E-state index in [4.69, 9.17) is 9.47 Å². The molecule has 0 fully saturated rings. The maximum Gasteiger partial charge on any atom is 0.363 e. The van der Waals surface area contributed by atoms with Crippen LogP contribution in [-0.2, 0) is 9.53 Å². The minimum absolute atomic E-state index is 0.274. The smallest absolute Gasteiger partial charge is 0.363 e. The van der Waals surface area contributed by atoms with Crippen molar-refractivity contribution in [2.24, 2.45) is 4.99 Å². The Kier molecular flexibility index (Phi) is 5.01. The van der Waals surface area contributed by atoms with E-state index in [2.05, 4.69) is 4.99 Å². The highest BCUT2D eigenvalue weighted by Crippen LogP contribution is 2.25. The molecule has 0 saturated heterocycles. The highest BCUT2D eigenvalue weighted by Gasteiger charge is 2.26. The summed E-state index contributed by atoms with van der Waals surface area (Å²) in [4.78, 5) is 17.6.